The van der Waals surface area contributed by atoms with Gasteiger partial charge in [-0.2, -0.15) is 5.10 Å². The van der Waals surface area contributed by atoms with Gasteiger partial charge in [-0.05, 0) is 6.07 Å². The normalized spacial score (nSPS) is 9.29. The first-order valence-electron chi connectivity index (χ1n) is 5.75. The van der Waals surface area contributed by atoms with Gasteiger partial charge in [-0.25, -0.2) is 4.98 Å². The van der Waals surface area contributed by atoms with E-state index >= 15 is 0 Å². The average Bonchev–Trinajstić information content (AvgIpc) is 2.96. The number of imidazole rings is 1. The van der Waals surface area contributed by atoms with E-state index in [4.69, 9.17) is 0 Å². The molecule has 0 radical (unpaired) electrons. The van der Waals surface area contributed by atoms with Crippen molar-refractivity contribution in [2.75, 3.05) is 0 Å². The molecular formula is C12H23N5. The summed E-state index contributed by atoms with van der Waals surface area (Å²) in [7, 11) is 0. The number of nitrogens with zero attached hydrogens (tertiary/aromatic N) is 2. The highest BCUT2D eigenvalue weighted by Gasteiger charge is 1.92. The van der Waals surface area contributed by atoms with Crippen molar-refractivity contribution >= 4 is 0 Å². The molecule has 0 saturated heterocycles. The fraction of sp³-hybridized carbons (Fsp3) is 0.500. The van der Waals surface area contributed by atoms with Crippen LogP contribution in [0, 0.1) is 0 Å². The zero-order valence-electron chi connectivity index (χ0n) is 11.0. The molecule has 3 N–H and O–H groups in total. The molecule has 5 heteroatoms. The van der Waals surface area contributed by atoms with E-state index in [1.807, 2.05) is 6.07 Å². The first-order chi connectivity index (χ1) is 8.13. The minimum absolute atomic E-state index is 0.625. The molecule has 0 aliphatic heterocycles. The minimum Gasteiger partial charge on any atom is -0.351 e. The van der Waals surface area contributed by atoms with Gasteiger partial charge in [0, 0.05) is 36.9 Å². The molecule has 96 valence electrons. The van der Waals surface area contributed by atoms with Gasteiger partial charge in [-0.1, -0.05) is 27.7 Å². The molecule has 0 amide bonds. The lowest BCUT2D eigenvalue weighted by Gasteiger charge is -2.10. The van der Waals surface area contributed by atoms with Crippen LogP contribution in [0.3, 0.4) is 0 Å². The Hall–Kier alpha value is -1.62. The lowest BCUT2D eigenvalue weighted by Crippen LogP contribution is -2.29. The van der Waals surface area contributed by atoms with E-state index in [2.05, 4.69) is 53.2 Å². The van der Waals surface area contributed by atoms with Crippen LogP contribution in [0.25, 0.3) is 0 Å². The van der Waals surface area contributed by atoms with Crippen LogP contribution >= 0.6 is 0 Å². The molecule has 2 aromatic heterocycles. The van der Waals surface area contributed by atoms with Gasteiger partial charge >= 0.3 is 0 Å². The third-order valence-corrected chi connectivity index (χ3v) is 1.48. The number of H-pyrrole nitrogens is 2. The first-order valence-corrected chi connectivity index (χ1v) is 5.75. The molecule has 0 spiro atoms. The van der Waals surface area contributed by atoms with Crippen LogP contribution in [0.2, 0.25) is 0 Å². The second kappa shape index (κ2) is 10.9. The standard InChI is InChI=1S/C6H15N.2C3H4N2/c1-5(2)7-6(3)4;1-2-5-3-4-1;1-2-4-5-3-1/h5-7H,1-4H3;2*1-3H,(H,4,5). The third kappa shape index (κ3) is 14.4. The minimum atomic E-state index is 0.625. The predicted octanol–water partition coefficient (Wildman–Crippen LogP) is 2.21. The second-order valence-electron chi connectivity index (χ2n) is 4.00. The number of aromatic amines is 2. The van der Waals surface area contributed by atoms with E-state index < -0.39 is 0 Å². The van der Waals surface area contributed by atoms with Crippen LogP contribution in [0.15, 0.2) is 37.2 Å². The van der Waals surface area contributed by atoms with Crippen molar-refractivity contribution in [1.82, 2.24) is 25.5 Å². The number of hydrogen-bond acceptors (Lipinski definition) is 3. The van der Waals surface area contributed by atoms with Gasteiger partial charge in [0.1, 0.15) is 0 Å². The van der Waals surface area contributed by atoms with Crippen LogP contribution in [-0.2, 0) is 0 Å². The highest BCUT2D eigenvalue weighted by atomic mass is 15.1. The van der Waals surface area contributed by atoms with Crippen LogP contribution in [-0.4, -0.2) is 32.2 Å². The Balaban J connectivity index is 0.000000229. The maximum Gasteiger partial charge on any atom is 0.0919 e. The highest BCUT2D eigenvalue weighted by Crippen LogP contribution is 1.80. The molecule has 0 atom stereocenters. The summed E-state index contributed by atoms with van der Waals surface area (Å²) in [6, 6.07) is 3.08. The van der Waals surface area contributed by atoms with Gasteiger partial charge in [0.2, 0.25) is 0 Å². The molecule has 0 unspecified atom stereocenters. The quantitative estimate of drug-likeness (QED) is 0.750. The van der Waals surface area contributed by atoms with Crippen molar-refractivity contribution in [3.63, 3.8) is 0 Å². The molecule has 2 heterocycles. The van der Waals surface area contributed by atoms with Gasteiger partial charge in [0.15, 0.2) is 0 Å². The van der Waals surface area contributed by atoms with Gasteiger partial charge in [-0.3, -0.25) is 5.10 Å². The van der Waals surface area contributed by atoms with Gasteiger partial charge < -0.3 is 10.3 Å². The van der Waals surface area contributed by atoms with E-state index in [0.717, 1.165) is 0 Å². The van der Waals surface area contributed by atoms with E-state index in [0.29, 0.717) is 12.1 Å². The maximum atomic E-state index is 3.67. The molecule has 5 nitrogen and oxygen atoms in total. The average molecular weight is 237 g/mol. The van der Waals surface area contributed by atoms with Gasteiger partial charge in [0.25, 0.3) is 0 Å². The predicted molar refractivity (Wildman–Crippen MR) is 70.6 cm³/mol. The van der Waals surface area contributed by atoms with Crippen LogP contribution < -0.4 is 5.32 Å². The SMILES string of the molecule is CC(C)NC(C)C.c1c[nH]cn1.c1cn[nH]c1. The molecule has 0 aliphatic rings. The maximum absolute atomic E-state index is 3.67. The number of aromatic nitrogens is 4. The van der Waals surface area contributed by atoms with Crippen molar-refractivity contribution in [3.8, 4) is 0 Å². The van der Waals surface area contributed by atoms with Gasteiger partial charge in [0.05, 0.1) is 6.33 Å². The van der Waals surface area contributed by atoms with Crippen LogP contribution in [0.4, 0.5) is 0 Å². The third-order valence-electron chi connectivity index (χ3n) is 1.48. The molecule has 17 heavy (non-hydrogen) atoms. The smallest absolute Gasteiger partial charge is 0.0919 e. The zero-order valence-corrected chi connectivity index (χ0v) is 11.0. The van der Waals surface area contributed by atoms with Crippen molar-refractivity contribution < 1.29 is 0 Å². The van der Waals surface area contributed by atoms with Crippen molar-refractivity contribution in [3.05, 3.63) is 37.2 Å². The summed E-state index contributed by atoms with van der Waals surface area (Å²) in [6.45, 7) is 8.61. The number of nitrogens with one attached hydrogen (secondary N) is 3. The lowest BCUT2D eigenvalue weighted by atomic mass is 10.3. The molecule has 0 saturated carbocycles. The van der Waals surface area contributed by atoms with E-state index in [1.54, 1.807) is 31.1 Å². The summed E-state index contributed by atoms with van der Waals surface area (Å²) in [6.07, 6.45) is 8.54. The second-order valence-corrected chi connectivity index (χ2v) is 4.00. The summed E-state index contributed by atoms with van der Waals surface area (Å²) in [5, 5.41) is 9.51. The molecule has 0 aliphatic carbocycles. The molecular weight excluding hydrogens is 214 g/mol. The van der Waals surface area contributed by atoms with E-state index in [9.17, 15) is 0 Å². The zero-order chi connectivity index (χ0) is 12.9. The molecule has 0 aromatic carbocycles. The van der Waals surface area contributed by atoms with Crippen molar-refractivity contribution in [2.24, 2.45) is 0 Å². The van der Waals surface area contributed by atoms with Crippen LogP contribution in [0.5, 0.6) is 0 Å². The Morgan fingerprint density at radius 3 is 1.82 bits per heavy atom. The number of hydrogen-bond donors (Lipinski definition) is 3. The van der Waals surface area contributed by atoms with E-state index in [1.165, 1.54) is 0 Å². The van der Waals surface area contributed by atoms with E-state index in [-0.39, 0.29) is 0 Å². The summed E-state index contributed by atoms with van der Waals surface area (Å²) in [5.74, 6) is 0. The van der Waals surface area contributed by atoms with Crippen LogP contribution in [0.1, 0.15) is 27.7 Å². The van der Waals surface area contributed by atoms with Crippen molar-refractivity contribution in [2.45, 2.75) is 39.8 Å². The summed E-state index contributed by atoms with van der Waals surface area (Å²) < 4.78 is 0. The fourth-order valence-corrected chi connectivity index (χ4v) is 1.10. The largest absolute Gasteiger partial charge is 0.351 e. The Labute approximate surface area is 103 Å². The topological polar surface area (TPSA) is 69.4 Å². The Kier molecular flexibility index (Phi) is 9.85. The summed E-state index contributed by atoms with van der Waals surface area (Å²) >= 11 is 0. The summed E-state index contributed by atoms with van der Waals surface area (Å²) in [4.78, 5) is 6.42. The highest BCUT2D eigenvalue weighted by molar-refractivity contribution is 4.72. The molecule has 2 aromatic rings. The number of rotatable bonds is 2. The van der Waals surface area contributed by atoms with Crippen molar-refractivity contribution in [1.29, 1.82) is 0 Å². The monoisotopic (exact) mass is 237 g/mol. The Bertz CT molecular complexity index is 233. The van der Waals surface area contributed by atoms with Gasteiger partial charge in [-0.15, -0.1) is 0 Å². The lowest BCUT2D eigenvalue weighted by molar-refractivity contribution is 0.518. The first kappa shape index (κ1) is 15.4. The molecule has 2 rings (SSSR count). The molecule has 0 bridgehead atoms. The summed E-state index contributed by atoms with van der Waals surface area (Å²) in [5.41, 5.74) is 0. The molecule has 0 fully saturated rings. The Morgan fingerprint density at radius 2 is 1.71 bits per heavy atom. The fourth-order valence-electron chi connectivity index (χ4n) is 1.10. The Morgan fingerprint density at radius 1 is 1.00 bits per heavy atom.